The highest BCUT2D eigenvalue weighted by atomic mass is 79.9. The third-order valence-electron chi connectivity index (χ3n) is 4.01. The zero-order valence-corrected chi connectivity index (χ0v) is 14.3. The highest BCUT2D eigenvalue weighted by molar-refractivity contribution is 9.10. The van der Waals surface area contributed by atoms with Crippen molar-refractivity contribution in [3.05, 3.63) is 34.6 Å². The molecule has 122 valence electrons. The Morgan fingerprint density at radius 2 is 2.13 bits per heavy atom. The van der Waals surface area contributed by atoms with Crippen LogP contribution in [0.2, 0.25) is 0 Å². The Morgan fingerprint density at radius 1 is 1.39 bits per heavy atom. The second kappa shape index (κ2) is 6.70. The third kappa shape index (κ3) is 3.55. The molecule has 1 aliphatic rings. The molecule has 1 aromatic heterocycles. The van der Waals surface area contributed by atoms with Gasteiger partial charge in [-0.15, -0.1) is 0 Å². The molecule has 2 heterocycles. The first-order chi connectivity index (χ1) is 11.1. The van der Waals surface area contributed by atoms with Crippen LogP contribution in [0.5, 0.6) is 0 Å². The van der Waals surface area contributed by atoms with Gasteiger partial charge in [0, 0.05) is 30.6 Å². The largest absolute Gasteiger partial charge is 0.453 e. The number of likely N-dealkylation sites (tertiary alicyclic amines) is 1. The lowest BCUT2D eigenvalue weighted by Gasteiger charge is -2.31. The van der Waals surface area contributed by atoms with Gasteiger partial charge in [-0.2, -0.15) is 0 Å². The van der Waals surface area contributed by atoms with E-state index in [9.17, 15) is 9.18 Å². The molecule has 3 rings (SSSR count). The van der Waals surface area contributed by atoms with Crippen molar-refractivity contribution in [2.24, 2.45) is 0 Å². The number of halogens is 2. The average molecular weight is 382 g/mol. The molecule has 1 amide bonds. The van der Waals surface area contributed by atoms with E-state index >= 15 is 0 Å². The van der Waals surface area contributed by atoms with Crippen LogP contribution < -0.4 is 5.32 Å². The SMILES string of the molecule is COC(=O)N1CCC(Nc2ccc3cc(Br)c(F)cc3n2)CC1. The molecule has 0 radical (unpaired) electrons. The normalized spacial score (nSPS) is 15.7. The summed E-state index contributed by atoms with van der Waals surface area (Å²) in [5, 5.41) is 4.24. The van der Waals surface area contributed by atoms with Crippen molar-refractivity contribution in [2.75, 3.05) is 25.5 Å². The van der Waals surface area contributed by atoms with E-state index in [0.717, 1.165) is 24.0 Å². The number of anilines is 1. The zero-order chi connectivity index (χ0) is 16.4. The molecule has 7 heteroatoms. The van der Waals surface area contributed by atoms with Crippen LogP contribution in [0.3, 0.4) is 0 Å². The summed E-state index contributed by atoms with van der Waals surface area (Å²) in [5.74, 6) is 0.393. The van der Waals surface area contributed by atoms with Gasteiger partial charge >= 0.3 is 6.09 Å². The number of piperidine rings is 1. The number of ether oxygens (including phenoxy) is 1. The molecule has 0 bridgehead atoms. The minimum Gasteiger partial charge on any atom is -0.453 e. The Balaban J connectivity index is 1.68. The van der Waals surface area contributed by atoms with Gasteiger partial charge in [-0.1, -0.05) is 0 Å². The Labute approximate surface area is 141 Å². The Hall–Kier alpha value is -1.89. The summed E-state index contributed by atoms with van der Waals surface area (Å²) in [7, 11) is 1.39. The van der Waals surface area contributed by atoms with E-state index in [1.165, 1.54) is 13.2 Å². The number of fused-ring (bicyclic) bond motifs is 1. The number of amides is 1. The van der Waals surface area contributed by atoms with Crippen LogP contribution in [-0.2, 0) is 4.74 Å². The van der Waals surface area contributed by atoms with E-state index in [-0.39, 0.29) is 18.0 Å². The van der Waals surface area contributed by atoms with E-state index in [2.05, 4.69) is 26.2 Å². The Kier molecular flexibility index (Phi) is 4.66. The molecular formula is C16H17BrFN3O2. The molecule has 23 heavy (non-hydrogen) atoms. The molecule has 0 aliphatic carbocycles. The van der Waals surface area contributed by atoms with E-state index in [1.807, 2.05) is 12.1 Å². The third-order valence-corrected chi connectivity index (χ3v) is 4.62. The second-order valence-corrected chi connectivity index (χ2v) is 6.39. The lowest BCUT2D eigenvalue weighted by Crippen LogP contribution is -2.42. The fourth-order valence-electron chi connectivity index (χ4n) is 2.74. The van der Waals surface area contributed by atoms with Crippen molar-refractivity contribution in [1.82, 2.24) is 9.88 Å². The van der Waals surface area contributed by atoms with Gasteiger partial charge in [0.2, 0.25) is 0 Å². The zero-order valence-electron chi connectivity index (χ0n) is 12.7. The number of pyridine rings is 1. The predicted octanol–water partition coefficient (Wildman–Crippen LogP) is 3.78. The number of hydrogen-bond acceptors (Lipinski definition) is 4. The van der Waals surface area contributed by atoms with Crippen molar-refractivity contribution in [2.45, 2.75) is 18.9 Å². The summed E-state index contributed by atoms with van der Waals surface area (Å²) in [6.45, 7) is 1.30. The maximum absolute atomic E-state index is 13.6. The average Bonchev–Trinajstić information content (AvgIpc) is 2.56. The molecule has 1 aliphatic heterocycles. The number of carbonyl (C=O) groups is 1. The van der Waals surface area contributed by atoms with Crippen molar-refractivity contribution in [1.29, 1.82) is 0 Å². The van der Waals surface area contributed by atoms with Crippen LogP contribution in [0.25, 0.3) is 10.9 Å². The van der Waals surface area contributed by atoms with Crippen LogP contribution in [0.1, 0.15) is 12.8 Å². The molecule has 0 saturated carbocycles. The molecule has 0 spiro atoms. The molecule has 1 saturated heterocycles. The highest BCUT2D eigenvalue weighted by Gasteiger charge is 2.23. The predicted molar refractivity (Wildman–Crippen MR) is 90.0 cm³/mol. The van der Waals surface area contributed by atoms with Gasteiger partial charge in [-0.25, -0.2) is 14.2 Å². The van der Waals surface area contributed by atoms with E-state index < -0.39 is 0 Å². The first-order valence-corrected chi connectivity index (χ1v) is 8.21. The quantitative estimate of drug-likeness (QED) is 0.859. The van der Waals surface area contributed by atoms with Gasteiger partial charge in [0.15, 0.2) is 0 Å². The summed E-state index contributed by atoms with van der Waals surface area (Å²) in [6, 6.07) is 7.18. The summed E-state index contributed by atoms with van der Waals surface area (Å²) in [4.78, 5) is 17.6. The standard InChI is InChI=1S/C16H17BrFN3O2/c1-23-16(22)21-6-4-11(5-7-21)19-15-3-2-10-8-12(17)13(18)9-14(10)20-15/h2-3,8-9,11H,4-7H2,1H3,(H,19,20). The summed E-state index contributed by atoms with van der Waals surface area (Å²) >= 11 is 3.18. The minimum absolute atomic E-state index is 0.237. The molecular weight excluding hydrogens is 365 g/mol. The number of carbonyl (C=O) groups excluding carboxylic acids is 1. The van der Waals surface area contributed by atoms with Crippen LogP contribution in [-0.4, -0.2) is 42.2 Å². The number of methoxy groups -OCH3 is 1. The summed E-state index contributed by atoms with van der Waals surface area (Å²) in [6.07, 6.45) is 1.36. The fourth-order valence-corrected chi connectivity index (χ4v) is 3.10. The van der Waals surface area contributed by atoms with E-state index in [4.69, 9.17) is 4.74 Å². The highest BCUT2D eigenvalue weighted by Crippen LogP contribution is 2.24. The van der Waals surface area contributed by atoms with Gasteiger partial charge in [0.25, 0.3) is 0 Å². The number of hydrogen-bond donors (Lipinski definition) is 1. The van der Waals surface area contributed by atoms with Crippen molar-refractivity contribution in [3.8, 4) is 0 Å². The molecule has 0 atom stereocenters. The van der Waals surface area contributed by atoms with Crippen molar-refractivity contribution < 1.29 is 13.9 Å². The van der Waals surface area contributed by atoms with E-state index in [1.54, 1.807) is 11.0 Å². The second-order valence-electron chi connectivity index (χ2n) is 5.53. The van der Waals surface area contributed by atoms with Gasteiger partial charge in [-0.3, -0.25) is 0 Å². The van der Waals surface area contributed by atoms with E-state index in [0.29, 0.717) is 23.1 Å². The number of nitrogens with one attached hydrogen (secondary N) is 1. The number of aromatic nitrogens is 1. The smallest absolute Gasteiger partial charge is 0.409 e. The van der Waals surface area contributed by atoms with Gasteiger partial charge < -0.3 is 15.0 Å². The number of rotatable bonds is 2. The maximum atomic E-state index is 13.6. The van der Waals surface area contributed by atoms with Gasteiger partial charge in [-0.05, 0) is 47.0 Å². The first-order valence-electron chi connectivity index (χ1n) is 7.42. The van der Waals surface area contributed by atoms with Crippen LogP contribution in [0, 0.1) is 5.82 Å². The molecule has 2 aromatic rings. The Morgan fingerprint density at radius 3 is 2.83 bits per heavy atom. The van der Waals surface area contributed by atoms with Crippen LogP contribution >= 0.6 is 15.9 Å². The lowest BCUT2D eigenvalue weighted by molar-refractivity contribution is 0.113. The van der Waals surface area contributed by atoms with Crippen LogP contribution in [0.4, 0.5) is 15.0 Å². The molecule has 1 aromatic carbocycles. The lowest BCUT2D eigenvalue weighted by atomic mass is 10.1. The van der Waals surface area contributed by atoms with Crippen molar-refractivity contribution in [3.63, 3.8) is 0 Å². The molecule has 5 nitrogen and oxygen atoms in total. The number of nitrogens with zero attached hydrogens (tertiary/aromatic N) is 2. The monoisotopic (exact) mass is 381 g/mol. The molecule has 1 N–H and O–H groups in total. The van der Waals surface area contributed by atoms with Crippen LogP contribution in [0.15, 0.2) is 28.7 Å². The fraction of sp³-hybridized carbons (Fsp3) is 0.375. The first kappa shape index (κ1) is 16.0. The van der Waals surface area contributed by atoms with Gasteiger partial charge in [0.05, 0.1) is 17.1 Å². The summed E-state index contributed by atoms with van der Waals surface area (Å²) < 4.78 is 18.8. The molecule has 1 fully saturated rings. The molecule has 0 unspecified atom stereocenters. The number of benzene rings is 1. The topological polar surface area (TPSA) is 54.5 Å². The Bertz CT molecular complexity index is 733. The summed E-state index contributed by atoms with van der Waals surface area (Å²) in [5.41, 5.74) is 0.614. The van der Waals surface area contributed by atoms with Crippen molar-refractivity contribution >= 4 is 38.7 Å². The maximum Gasteiger partial charge on any atom is 0.409 e. The van der Waals surface area contributed by atoms with Gasteiger partial charge in [0.1, 0.15) is 11.6 Å². The minimum atomic E-state index is -0.325.